The first kappa shape index (κ1) is 15.7. The molecule has 0 saturated heterocycles. The van der Waals surface area contributed by atoms with Crippen molar-refractivity contribution in [2.75, 3.05) is 5.32 Å². The van der Waals surface area contributed by atoms with Crippen LogP contribution < -0.4 is 16.3 Å². The highest BCUT2D eigenvalue weighted by Crippen LogP contribution is 2.26. The molecule has 1 aromatic heterocycles. The normalized spacial score (nSPS) is 10.7. The molecule has 3 aromatic rings. The molecule has 118 valence electrons. The number of fused-ring (bicyclic) bond motifs is 1. The Hall–Kier alpha value is -2.19. The van der Waals surface area contributed by atoms with Crippen LogP contribution in [-0.4, -0.2) is 15.1 Å². The minimum absolute atomic E-state index is 0.263. The molecule has 1 heterocycles. The molecular weight excluding hydrogens is 383 g/mol. The topological polar surface area (TPSA) is 72.7 Å². The van der Waals surface area contributed by atoms with E-state index in [2.05, 4.69) is 36.5 Å². The molecule has 0 spiro atoms. The van der Waals surface area contributed by atoms with E-state index in [-0.39, 0.29) is 11.5 Å². The van der Waals surface area contributed by atoms with E-state index in [1.807, 2.05) is 0 Å². The van der Waals surface area contributed by atoms with Gasteiger partial charge < -0.3 is 20.6 Å². The summed E-state index contributed by atoms with van der Waals surface area (Å²) in [7, 11) is 0. The van der Waals surface area contributed by atoms with Gasteiger partial charge in [-0.3, -0.25) is 0 Å². The molecule has 3 rings (SSSR count). The largest absolute Gasteiger partial charge is 0.358 e. The van der Waals surface area contributed by atoms with E-state index in [9.17, 15) is 9.18 Å². The summed E-state index contributed by atoms with van der Waals surface area (Å²) in [6.45, 7) is 0.479. The SMILES string of the molecule is O=c1[nH]c2cc(Br)c(NC(=S)NCc3ccc(F)cc3)cc2[nH]1. The molecule has 0 atom stereocenters. The standard InChI is InChI=1S/C15H12BrFN4OS/c16-10-5-12-13(20-14(22)19-12)6-11(10)21-15(23)18-7-8-1-3-9(17)4-2-8/h1-6H,7H2,(H2,18,21,23)(H2,19,20,22). The molecule has 0 aliphatic heterocycles. The highest BCUT2D eigenvalue weighted by molar-refractivity contribution is 9.10. The van der Waals surface area contributed by atoms with E-state index in [1.54, 1.807) is 24.3 Å². The van der Waals surface area contributed by atoms with Gasteiger partial charge >= 0.3 is 5.69 Å². The van der Waals surface area contributed by atoms with Crippen LogP contribution in [0.3, 0.4) is 0 Å². The summed E-state index contributed by atoms with van der Waals surface area (Å²) in [5.74, 6) is -0.271. The third kappa shape index (κ3) is 3.77. The van der Waals surface area contributed by atoms with Crippen LogP contribution in [0.4, 0.5) is 10.1 Å². The molecule has 4 N–H and O–H groups in total. The molecule has 0 radical (unpaired) electrons. The van der Waals surface area contributed by atoms with Crippen LogP contribution in [0.15, 0.2) is 45.7 Å². The van der Waals surface area contributed by atoms with Gasteiger partial charge in [0, 0.05) is 11.0 Å². The van der Waals surface area contributed by atoms with Crippen molar-refractivity contribution < 1.29 is 4.39 Å². The van der Waals surface area contributed by atoms with Gasteiger partial charge in [-0.15, -0.1) is 0 Å². The van der Waals surface area contributed by atoms with Crippen LogP contribution in [0.2, 0.25) is 0 Å². The number of rotatable bonds is 3. The fourth-order valence-corrected chi connectivity index (χ4v) is 2.73. The lowest BCUT2D eigenvalue weighted by Gasteiger charge is -2.12. The fourth-order valence-electron chi connectivity index (χ4n) is 2.10. The maximum Gasteiger partial charge on any atom is 0.323 e. The third-order valence-corrected chi connectivity index (χ3v) is 4.12. The summed E-state index contributed by atoms with van der Waals surface area (Å²) in [5.41, 5.74) is 2.77. The monoisotopic (exact) mass is 394 g/mol. The summed E-state index contributed by atoms with van der Waals surface area (Å²) >= 11 is 8.68. The number of anilines is 1. The zero-order valence-corrected chi connectivity index (χ0v) is 14.1. The van der Waals surface area contributed by atoms with E-state index in [4.69, 9.17) is 12.2 Å². The molecule has 2 aromatic carbocycles. The number of hydrogen-bond donors (Lipinski definition) is 4. The predicted octanol–water partition coefficient (Wildman–Crippen LogP) is 3.24. The zero-order chi connectivity index (χ0) is 16.4. The van der Waals surface area contributed by atoms with Gasteiger partial charge in [-0.25, -0.2) is 9.18 Å². The van der Waals surface area contributed by atoms with E-state index in [0.717, 1.165) is 15.7 Å². The number of halogens is 2. The first-order chi connectivity index (χ1) is 11.0. The molecule has 8 heteroatoms. The number of thiocarbonyl (C=S) groups is 1. The summed E-state index contributed by atoms with van der Waals surface area (Å²) < 4.78 is 13.6. The van der Waals surface area contributed by atoms with Crippen molar-refractivity contribution in [3.8, 4) is 0 Å². The van der Waals surface area contributed by atoms with Gasteiger partial charge in [-0.1, -0.05) is 12.1 Å². The zero-order valence-electron chi connectivity index (χ0n) is 11.7. The van der Waals surface area contributed by atoms with Crippen molar-refractivity contribution in [3.05, 3.63) is 62.7 Å². The van der Waals surface area contributed by atoms with Crippen LogP contribution in [0.1, 0.15) is 5.56 Å². The van der Waals surface area contributed by atoms with Crippen LogP contribution in [-0.2, 0) is 6.54 Å². The Morgan fingerprint density at radius 1 is 1.17 bits per heavy atom. The quantitative estimate of drug-likeness (QED) is 0.514. The summed E-state index contributed by atoms with van der Waals surface area (Å²) in [6.07, 6.45) is 0. The number of nitrogens with one attached hydrogen (secondary N) is 4. The van der Waals surface area contributed by atoms with Crippen molar-refractivity contribution >= 4 is 50.0 Å². The first-order valence-electron chi connectivity index (χ1n) is 6.72. The second kappa shape index (κ2) is 6.51. The van der Waals surface area contributed by atoms with E-state index in [0.29, 0.717) is 22.7 Å². The van der Waals surface area contributed by atoms with Crippen molar-refractivity contribution in [2.45, 2.75) is 6.54 Å². The lowest BCUT2D eigenvalue weighted by atomic mass is 10.2. The van der Waals surface area contributed by atoms with E-state index >= 15 is 0 Å². The molecule has 0 saturated carbocycles. The van der Waals surface area contributed by atoms with Gasteiger partial charge in [-0.05, 0) is 58.0 Å². The number of H-pyrrole nitrogens is 2. The van der Waals surface area contributed by atoms with Gasteiger partial charge in [0.15, 0.2) is 5.11 Å². The van der Waals surface area contributed by atoms with Gasteiger partial charge in [0.1, 0.15) is 5.82 Å². The summed E-state index contributed by atoms with van der Waals surface area (Å²) in [4.78, 5) is 16.7. The highest BCUT2D eigenvalue weighted by atomic mass is 79.9. The minimum atomic E-state index is -0.271. The number of benzene rings is 2. The lowest BCUT2D eigenvalue weighted by Crippen LogP contribution is -2.28. The average Bonchev–Trinajstić information content (AvgIpc) is 2.86. The molecule has 0 amide bonds. The fraction of sp³-hybridized carbons (Fsp3) is 0.0667. The average molecular weight is 395 g/mol. The highest BCUT2D eigenvalue weighted by Gasteiger charge is 2.07. The minimum Gasteiger partial charge on any atom is -0.358 e. The van der Waals surface area contributed by atoms with E-state index < -0.39 is 0 Å². The molecular formula is C15H12BrFN4OS. The van der Waals surface area contributed by atoms with Gasteiger partial charge in [-0.2, -0.15) is 0 Å². The van der Waals surface area contributed by atoms with Gasteiger partial charge in [0.2, 0.25) is 0 Å². The van der Waals surface area contributed by atoms with Crippen LogP contribution in [0.25, 0.3) is 11.0 Å². The van der Waals surface area contributed by atoms with Crippen molar-refractivity contribution in [1.82, 2.24) is 15.3 Å². The van der Waals surface area contributed by atoms with Gasteiger partial charge in [0.25, 0.3) is 0 Å². The Labute approximate surface area is 144 Å². The molecule has 23 heavy (non-hydrogen) atoms. The number of aromatic amines is 2. The Morgan fingerprint density at radius 3 is 2.52 bits per heavy atom. The van der Waals surface area contributed by atoms with Crippen molar-refractivity contribution in [3.63, 3.8) is 0 Å². The molecule has 0 aliphatic carbocycles. The van der Waals surface area contributed by atoms with Crippen LogP contribution >= 0.6 is 28.1 Å². The predicted molar refractivity (Wildman–Crippen MR) is 96.1 cm³/mol. The maximum atomic E-state index is 12.9. The maximum absolute atomic E-state index is 12.9. The molecule has 0 fully saturated rings. The molecule has 0 bridgehead atoms. The Balaban J connectivity index is 1.68. The molecule has 0 aliphatic rings. The Kier molecular flexibility index (Phi) is 4.44. The van der Waals surface area contributed by atoms with Gasteiger partial charge in [0.05, 0.1) is 16.7 Å². The Morgan fingerprint density at radius 2 is 1.83 bits per heavy atom. The van der Waals surface area contributed by atoms with E-state index in [1.165, 1.54) is 12.1 Å². The number of aromatic nitrogens is 2. The van der Waals surface area contributed by atoms with Crippen LogP contribution in [0.5, 0.6) is 0 Å². The molecule has 5 nitrogen and oxygen atoms in total. The second-order valence-electron chi connectivity index (χ2n) is 4.89. The number of hydrogen-bond acceptors (Lipinski definition) is 2. The van der Waals surface area contributed by atoms with Crippen LogP contribution in [0, 0.1) is 5.82 Å². The lowest BCUT2D eigenvalue weighted by molar-refractivity contribution is 0.627. The summed E-state index contributed by atoms with van der Waals surface area (Å²) in [6, 6.07) is 9.76. The number of imidazole rings is 1. The Bertz CT molecular complexity index is 919. The summed E-state index contributed by atoms with van der Waals surface area (Å²) in [5, 5.41) is 6.52. The van der Waals surface area contributed by atoms with Crippen molar-refractivity contribution in [2.24, 2.45) is 0 Å². The smallest absolute Gasteiger partial charge is 0.323 e. The van der Waals surface area contributed by atoms with Crippen molar-refractivity contribution in [1.29, 1.82) is 0 Å². The molecule has 0 unspecified atom stereocenters. The third-order valence-electron chi connectivity index (χ3n) is 3.22. The first-order valence-corrected chi connectivity index (χ1v) is 7.92. The second-order valence-corrected chi connectivity index (χ2v) is 6.15.